The van der Waals surface area contributed by atoms with E-state index >= 15 is 0 Å². The highest BCUT2D eigenvalue weighted by atomic mass is 19.1. The fraction of sp³-hybridized carbons (Fsp3) is 0.188. The van der Waals surface area contributed by atoms with Crippen LogP contribution in [0.5, 0.6) is 0 Å². The lowest BCUT2D eigenvalue weighted by atomic mass is 10.1. The number of nitrogens with one attached hydrogen (secondary N) is 1. The minimum absolute atomic E-state index is 0.0300. The average Bonchev–Trinajstić information content (AvgIpc) is 2.45. The molecule has 0 bridgehead atoms. The van der Waals surface area contributed by atoms with Crippen molar-refractivity contribution in [2.75, 3.05) is 0 Å². The average molecular weight is 254 g/mol. The maximum Gasteiger partial charge on any atom is 0.123 e. The van der Waals surface area contributed by atoms with Gasteiger partial charge in [-0.15, -0.1) is 0 Å². The first-order chi connectivity index (χ1) is 9.20. The van der Waals surface area contributed by atoms with E-state index in [-0.39, 0.29) is 11.9 Å². The van der Waals surface area contributed by atoms with Gasteiger partial charge in [0.25, 0.3) is 0 Å². The number of benzene rings is 2. The van der Waals surface area contributed by atoms with Crippen molar-refractivity contribution < 1.29 is 4.39 Å². The van der Waals surface area contributed by atoms with Crippen LogP contribution >= 0.6 is 0 Å². The molecule has 0 fully saturated rings. The Morgan fingerprint density at radius 1 is 1.21 bits per heavy atom. The molecule has 0 spiro atoms. The van der Waals surface area contributed by atoms with Crippen LogP contribution < -0.4 is 5.32 Å². The molecule has 96 valence electrons. The fourth-order valence-corrected chi connectivity index (χ4v) is 1.94. The molecular formula is C16H15FN2. The highest BCUT2D eigenvalue weighted by molar-refractivity contribution is 5.37. The van der Waals surface area contributed by atoms with E-state index in [9.17, 15) is 4.39 Å². The van der Waals surface area contributed by atoms with Gasteiger partial charge in [0.05, 0.1) is 11.6 Å². The Hall–Kier alpha value is -2.18. The lowest BCUT2D eigenvalue weighted by Crippen LogP contribution is -2.18. The van der Waals surface area contributed by atoms with Crippen LogP contribution in [0.1, 0.15) is 29.7 Å². The zero-order valence-corrected chi connectivity index (χ0v) is 10.7. The Kier molecular flexibility index (Phi) is 4.27. The third-order valence-electron chi connectivity index (χ3n) is 3.09. The molecule has 0 aliphatic carbocycles. The maximum atomic E-state index is 13.1. The van der Waals surface area contributed by atoms with Crippen molar-refractivity contribution >= 4 is 0 Å². The van der Waals surface area contributed by atoms with Crippen LogP contribution in [0.3, 0.4) is 0 Å². The molecule has 2 nitrogen and oxygen atoms in total. The first kappa shape index (κ1) is 13.3. The van der Waals surface area contributed by atoms with Gasteiger partial charge in [-0.05, 0) is 36.2 Å². The summed E-state index contributed by atoms with van der Waals surface area (Å²) >= 11 is 0. The van der Waals surface area contributed by atoms with Gasteiger partial charge < -0.3 is 5.32 Å². The Labute approximate surface area is 112 Å². The molecule has 3 heteroatoms. The molecular weight excluding hydrogens is 239 g/mol. The first-order valence-corrected chi connectivity index (χ1v) is 6.17. The number of nitrogens with zero attached hydrogens (tertiary/aromatic N) is 1. The second-order valence-electron chi connectivity index (χ2n) is 4.43. The molecule has 0 heterocycles. The second kappa shape index (κ2) is 6.12. The number of rotatable bonds is 4. The van der Waals surface area contributed by atoms with E-state index in [4.69, 9.17) is 5.26 Å². The summed E-state index contributed by atoms with van der Waals surface area (Å²) in [4.78, 5) is 0. The summed E-state index contributed by atoms with van der Waals surface area (Å²) in [5.41, 5.74) is 2.52. The van der Waals surface area contributed by atoms with Crippen molar-refractivity contribution in [3.05, 3.63) is 71.0 Å². The van der Waals surface area contributed by atoms with E-state index in [2.05, 4.69) is 11.4 Å². The highest BCUT2D eigenvalue weighted by Gasteiger charge is 2.07. The van der Waals surface area contributed by atoms with Crippen LogP contribution in [0.2, 0.25) is 0 Å². The van der Waals surface area contributed by atoms with E-state index < -0.39 is 0 Å². The summed E-state index contributed by atoms with van der Waals surface area (Å²) in [6, 6.07) is 16.2. The zero-order valence-electron chi connectivity index (χ0n) is 10.7. The first-order valence-electron chi connectivity index (χ1n) is 6.17. The van der Waals surface area contributed by atoms with Crippen molar-refractivity contribution in [1.82, 2.24) is 5.32 Å². The van der Waals surface area contributed by atoms with E-state index in [1.807, 2.05) is 31.2 Å². The minimum atomic E-state index is -0.233. The summed E-state index contributed by atoms with van der Waals surface area (Å²) in [6.07, 6.45) is 0. The minimum Gasteiger partial charge on any atom is -0.306 e. The van der Waals surface area contributed by atoms with Gasteiger partial charge in [-0.1, -0.05) is 30.3 Å². The second-order valence-corrected chi connectivity index (χ2v) is 4.43. The lowest BCUT2D eigenvalue weighted by molar-refractivity contribution is 0.564. The molecule has 0 saturated carbocycles. The van der Waals surface area contributed by atoms with Crippen LogP contribution in [0.4, 0.5) is 4.39 Å². The standard InChI is InChI=1S/C16H15FN2/c1-12(13-7-4-8-16(17)9-13)19-11-15-6-3-2-5-14(15)10-18/h2-9,12,19H,11H2,1H3. The predicted octanol–water partition coefficient (Wildman–Crippen LogP) is 3.55. The van der Waals surface area contributed by atoms with Crippen LogP contribution in [0.15, 0.2) is 48.5 Å². The molecule has 2 aromatic rings. The maximum absolute atomic E-state index is 13.1. The molecule has 2 rings (SSSR count). The summed E-state index contributed by atoms with van der Waals surface area (Å²) in [6.45, 7) is 2.56. The van der Waals surface area contributed by atoms with Gasteiger partial charge in [0.15, 0.2) is 0 Å². The van der Waals surface area contributed by atoms with Crippen molar-refractivity contribution in [3.8, 4) is 6.07 Å². The smallest absolute Gasteiger partial charge is 0.123 e. The van der Waals surface area contributed by atoms with Gasteiger partial charge in [0.2, 0.25) is 0 Å². The Bertz CT molecular complexity index is 602. The van der Waals surface area contributed by atoms with Crippen molar-refractivity contribution in [2.45, 2.75) is 19.5 Å². The molecule has 0 aromatic heterocycles. The highest BCUT2D eigenvalue weighted by Crippen LogP contribution is 2.15. The SMILES string of the molecule is CC(NCc1ccccc1C#N)c1cccc(F)c1. The van der Waals surface area contributed by atoms with Crippen molar-refractivity contribution in [1.29, 1.82) is 5.26 Å². The van der Waals surface area contributed by atoms with Gasteiger partial charge >= 0.3 is 0 Å². The Balaban J connectivity index is 2.05. The lowest BCUT2D eigenvalue weighted by Gasteiger charge is -2.15. The zero-order chi connectivity index (χ0) is 13.7. The molecule has 0 saturated heterocycles. The van der Waals surface area contributed by atoms with Gasteiger partial charge in [0.1, 0.15) is 5.82 Å². The summed E-state index contributed by atoms with van der Waals surface area (Å²) in [5, 5.41) is 12.3. The molecule has 2 aromatic carbocycles. The van der Waals surface area contributed by atoms with Gasteiger partial charge in [-0.3, -0.25) is 0 Å². The number of halogens is 1. The Morgan fingerprint density at radius 2 is 2.00 bits per heavy atom. The summed E-state index contributed by atoms with van der Waals surface area (Å²) in [7, 11) is 0. The van der Waals surface area contributed by atoms with Gasteiger partial charge in [0, 0.05) is 12.6 Å². The van der Waals surface area contributed by atoms with Gasteiger partial charge in [-0.25, -0.2) is 4.39 Å². The number of hydrogen-bond donors (Lipinski definition) is 1. The molecule has 0 aliphatic rings. The van der Waals surface area contributed by atoms with E-state index in [0.29, 0.717) is 12.1 Å². The van der Waals surface area contributed by atoms with Crippen LogP contribution in [0.25, 0.3) is 0 Å². The predicted molar refractivity (Wildman–Crippen MR) is 72.8 cm³/mol. The van der Waals surface area contributed by atoms with Gasteiger partial charge in [-0.2, -0.15) is 5.26 Å². The summed E-state index contributed by atoms with van der Waals surface area (Å²) < 4.78 is 13.1. The third kappa shape index (κ3) is 3.40. The summed E-state index contributed by atoms with van der Waals surface area (Å²) in [5.74, 6) is -0.233. The Morgan fingerprint density at radius 3 is 2.74 bits per heavy atom. The van der Waals surface area contributed by atoms with Crippen LogP contribution in [-0.4, -0.2) is 0 Å². The molecule has 0 amide bonds. The van der Waals surface area contributed by atoms with Crippen LogP contribution in [0, 0.1) is 17.1 Å². The normalized spacial score (nSPS) is 11.8. The fourth-order valence-electron chi connectivity index (χ4n) is 1.94. The van der Waals surface area contributed by atoms with E-state index in [0.717, 1.165) is 11.1 Å². The number of hydrogen-bond acceptors (Lipinski definition) is 2. The van der Waals surface area contributed by atoms with Crippen molar-refractivity contribution in [3.63, 3.8) is 0 Å². The van der Waals surface area contributed by atoms with Crippen LogP contribution in [-0.2, 0) is 6.54 Å². The molecule has 1 atom stereocenters. The topological polar surface area (TPSA) is 35.8 Å². The quantitative estimate of drug-likeness (QED) is 0.905. The largest absolute Gasteiger partial charge is 0.306 e. The molecule has 1 N–H and O–H groups in total. The molecule has 1 unspecified atom stereocenters. The number of nitriles is 1. The van der Waals surface area contributed by atoms with E-state index in [1.54, 1.807) is 12.1 Å². The molecule has 19 heavy (non-hydrogen) atoms. The molecule has 0 radical (unpaired) electrons. The monoisotopic (exact) mass is 254 g/mol. The molecule has 0 aliphatic heterocycles. The van der Waals surface area contributed by atoms with Crippen molar-refractivity contribution in [2.24, 2.45) is 0 Å². The van der Waals surface area contributed by atoms with E-state index in [1.165, 1.54) is 12.1 Å². The third-order valence-corrected chi connectivity index (χ3v) is 3.09.